The molecule has 0 aliphatic heterocycles. The Morgan fingerprint density at radius 1 is 0.963 bits per heavy atom. The molecule has 1 N–H and O–H groups in total. The summed E-state index contributed by atoms with van der Waals surface area (Å²) in [6, 6.07) is 17.4. The Kier molecular flexibility index (Phi) is 5.65. The third-order valence-corrected chi connectivity index (χ3v) is 6.24. The Labute approximate surface area is 167 Å². The van der Waals surface area contributed by atoms with Crippen molar-refractivity contribution in [1.29, 1.82) is 0 Å². The molecule has 0 aliphatic carbocycles. The average molecular weight is 423 g/mol. The van der Waals surface area contributed by atoms with E-state index in [0.717, 1.165) is 11.1 Å². The van der Waals surface area contributed by atoms with Crippen LogP contribution in [0, 0.1) is 0 Å². The van der Waals surface area contributed by atoms with E-state index in [0.29, 0.717) is 11.3 Å². The number of benzene rings is 3. The van der Waals surface area contributed by atoms with Crippen LogP contribution in [0.3, 0.4) is 0 Å². The van der Waals surface area contributed by atoms with E-state index in [2.05, 4.69) is 0 Å². The fourth-order valence-electron chi connectivity index (χ4n) is 2.76. The van der Waals surface area contributed by atoms with Crippen LogP contribution >= 0.6 is 23.2 Å². The second-order valence-electron chi connectivity index (χ2n) is 5.89. The van der Waals surface area contributed by atoms with Crippen LogP contribution < -0.4 is 4.74 Å². The van der Waals surface area contributed by atoms with Gasteiger partial charge in [0.05, 0.1) is 17.9 Å². The van der Waals surface area contributed by atoms with Crippen LogP contribution in [0.25, 0.3) is 11.1 Å². The third kappa shape index (κ3) is 4.21. The van der Waals surface area contributed by atoms with Crippen LogP contribution in [0.1, 0.15) is 5.56 Å². The number of halogens is 2. The van der Waals surface area contributed by atoms with Gasteiger partial charge in [-0.1, -0.05) is 59.6 Å². The molecule has 3 aromatic carbocycles. The summed E-state index contributed by atoms with van der Waals surface area (Å²) >= 11 is 11.8. The predicted octanol–water partition coefficient (Wildman–Crippen LogP) is 5.35. The number of ether oxygens (including phenoxy) is 1. The Morgan fingerprint density at radius 2 is 1.67 bits per heavy atom. The molecule has 140 valence electrons. The van der Waals surface area contributed by atoms with Crippen molar-refractivity contribution in [2.24, 2.45) is 0 Å². The largest absolute Gasteiger partial charge is 0.505 e. The number of hydrogen-bond donors (Lipinski definition) is 1. The fourth-order valence-corrected chi connectivity index (χ4v) is 4.88. The summed E-state index contributed by atoms with van der Waals surface area (Å²) in [6.07, 6.45) is 0. The highest BCUT2D eigenvalue weighted by Crippen LogP contribution is 2.37. The molecule has 0 unspecified atom stereocenters. The van der Waals surface area contributed by atoms with Crippen LogP contribution in [-0.2, 0) is 15.6 Å². The molecule has 4 nitrogen and oxygen atoms in total. The van der Waals surface area contributed by atoms with Crippen LogP contribution in [0.2, 0.25) is 10.0 Å². The summed E-state index contributed by atoms with van der Waals surface area (Å²) in [4.78, 5) is -0.313. The van der Waals surface area contributed by atoms with Gasteiger partial charge in [-0.25, -0.2) is 8.42 Å². The summed E-state index contributed by atoms with van der Waals surface area (Å²) in [7, 11) is -2.45. The van der Waals surface area contributed by atoms with Gasteiger partial charge in [-0.3, -0.25) is 0 Å². The quantitative estimate of drug-likeness (QED) is 0.601. The van der Waals surface area contributed by atoms with Gasteiger partial charge in [-0.2, -0.15) is 0 Å². The van der Waals surface area contributed by atoms with E-state index in [-0.39, 0.29) is 20.7 Å². The molecule has 0 spiro atoms. The molecule has 0 heterocycles. The van der Waals surface area contributed by atoms with Crippen LogP contribution in [0.4, 0.5) is 0 Å². The van der Waals surface area contributed by atoms with E-state index in [1.165, 1.54) is 19.2 Å². The molecule has 3 rings (SSSR count). The lowest BCUT2D eigenvalue weighted by atomic mass is 10.0. The molecular weight excluding hydrogens is 407 g/mol. The van der Waals surface area contributed by atoms with Crippen molar-refractivity contribution in [3.8, 4) is 22.6 Å². The van der Waals surface area contributed by atoms with Gasteiger partial charge in [0.1, 0.15) is 10.6 Å². The molecule has 0 bridgehead atoms. The maximum atomic E-state index is 12.9. The minimum atomic E-state index is -3.92. The van der Waals surface area contributed by atoms with Gasteiger partial charge in [0.2, 0.25) is 0 Å². The zero-order valence-electron chi connectivity index (χ0n) is 14.3. The van der Waals surface area contributed by atoms with Crippen molar-refractivity contribution in [3.63, 3.8) is 0 Å². The normalized spacial score (nSPS) is 11.4. The summed E-state index contributed by atoms with van der Waals surface area (Å²) < 4.78 is 31.1. The minimum absolute atomic E-state index is 0.119. The summed E-state index contributed by atoms with van der Waals surface area (Å²) in [5.74, 6) is -0.453. The van der Waals surface area contributed by atoms with Gasteiger partial charge < -0.3 is 9.84 Å². The Bertz CT molecular complexity index is 1080. The second-order valence-corrected chi connectivity index (χ2v) is 8.69. The third-order valence-electron chi connectivity index (χ3n) is 4.06. The molecule has 0 saturated carbocycles. The molecule has 0 aromatic heterocycles. The van der Waals surface area contributed by atoms with E-state index >= 15 is 0 Å². The SMILES string of the molecule is COc1ccc(-c2ccccc2)cc1CS(=O)(=O)c1cc(Cl)cc(Cl)c1O. The molecular formula is C20H16Cl2O4S. The second kappa shape index (κ2) is 7.80. The number of hydrogen-bond acceptors (Lipinski definition) is 4. The lowest BCUT2D eigenvalue weighted by Crippen LogP contribution is -2.07. The maximum absolute atomic E-state index is 12.9. The van der Waals surface area contributed by atoms with E-state index in [1.54, 1.807) is 12.1 Å². The number of phenolic OH excluding ortho intramolecular Hbond substituents is 1. The van der Waals surface area contributed by atoms with Gasteiger partial charge in [0.15, 0.2) is 15.6 Å². The Morgan fingerprint density at radius 3 is 2.33 bits per heavy atom. The van der Waals surface area contributed by atoms with Crippen molar-refractivity contribution >= 4 is 33.0 Å². The molecule has 3 aromatic rings. The van der Waals surface area contributed by atoms with Gasteiger partial charge >= 0.3 is 0 Å². The van der Waals surface area contributed by atoms with Crippen LogP contribution in [0.5, 0.6) is 11.5 Å². The predicted molar refractivity (Wildman–Crippen MR) is 107 cm³/mol. The smallest absolute Gasteiger partial charge is 0.186 e. The standard InChI is InChI=1S/C20H16Cl2O4S/c1-26-18-8-7-14(13-5-3-2-4-6-13)9-15(18)12-27(24,25)19-11-16(21)10-17(22)20(19)23/h2-11,23H,12H2,1H3. The van der Waals surface area contributed by atoms with E-state index in [1.807, 2.05) is 36.4 Å². The fraction of sp³-hybridized carbons (Fsp3) is 0.100. The van der Waals surface area contributed by atoms with E-state index in [9.17, 15) is 13.5 Å². The molecule has 7 heteroatoms. The molecule has 0 fully saturated rings. The lowest BCUT2D eigenvalue weighted by molar-refractivity contribution is 0.411. The zero-order valence-corrected chi connectivity index (χ0v) is 16.6. The summed E-state index contributed by atoms with van der Waals surface area (Å²) in [5.41, 5.74) is 2.27. The van der Waals surface area contributed by atoms with Gasteiger partial charge in [-0.15, -0.1) is 0 Å². The minimum Gasteiger partial charge on any atom is -0.505 e. The molecule has 0 radical (unpaired) electrons. The molecule has 27 heavy (non-hydrogen) atoms. The summed E-state index contributed by atoms with van der Waals surface area (Å²) in [5, 5.41) is 10.1. The van der Waals surface area contributed by atoms with Crippen LogP contribution in [-0.4, -0.2) is 20.6 Å². The maximum Gasteiger partial charge on any atom is 0.186 e. The topological polar surface area (TPSA) is 63.6 Å². The molecule has 0 atom stereocenters. The van der Waals surface area contributed by atoms with Gasteiger partial charge in [-0.05, 0) is 35.4 Å². The summed E-state index contributed by atoms with van der Waals surface area (Å²) in [6.45, 7) is 0. The molecule has 0 saturated heterocycles. The average Bonchev–Trinajstić information content (AvgIpc) is 2.65. The van der Waals surface area contributed by atoms with Gasteiger partial charge in [0, 0.05) is 10.6 Å². The first-order valence-corrected chi connectivity index (χ1v) is 10.4. The van der Waals surface area contributed by atoms with Gasteiger partial charge in [0.25, 0.3) is 0 Å². The Hall–Kier alpha value is -2.21. The first-order chi connectivity index (χ1) is 12.8. The van der Waals surface area contributed by atoms with Crippen molar-refractivity contribution in [2.45, 2.75) is 10.6 Å². The van der Waals surface area contributed by atoms with Crippen LogP contribution in [0.15, 0.2) is 65.6 Å². The van der Waals surface area contributed by atoms with E-state index < -0.39 is 15.6 Å². The highest BCUT2D eigenvalue weighted by atomic mass is 35.5. The highest BCUT2D eigenvalue weighted by Gasteiger charge is 2.24. The molecule has 0 aliphatic rings. The van der Waals surface area contributed by atoms with Crippen molar-refractivity contribution in [3.05, 3.63) is 76.3 Å². The first kappa shape index (κ1) is 19.5. The molecule has 0 amide bonds. The van der Waals surface area contributed by atoms with Crippen molar-refractivity contribution < 1.29 is 18.3 Å². The first-order valence-electron chi connectivity index (χ1n) is 7.95. The lowest BCUT2D eigenvalue weighted by Gasteiger charge is -2.13. The van der Waals surface area contributed by atoms with Crippen molar-refractivity contribution in [2.75, 3.05) is 7.11 Å². The van der Waals surface area contributed by atoms with Crippen molar-refractivity contribution in [1.82, 2.24) is 0 Å². The Balaban J connectivity index is 2.06. The number of sulfone groups is 1. The number of methoxy groups -OCH3 is 1. The van der Waals surface area contributed by atoms with E-state index in [4.69, 9.17) is 27.9 Å². The monoisotopic (exact) mass is 422 g/mol. The number of rotatable bonds is 5. The number of aromatic hydroxyl groups is 1. The number of phenols is 1. The highest BCUT2D eigenvalue weighted by molar-refractivity contribution is 7.90. The zero-order chi connectivity index (χ0) is 19.6.